The number of rotatable bonds is 3. The lowest BCUT2D eigenvalue weighted by atomic mass is 9.92. The number of carboxylic acids is 1. The Hall–Kier alpha value is -0.610. The Kier molecular flexibility index (Phi) is 3.73. The van der Waals surface area contributed by atoms with Crippen molar-refractivity contribution >= 4 is 5.97 Å². The van der Waals surface area contributed by atoms with Gasteiger partial charge < -0.3 is 10.2 Å². The Morgan fingerprint density at radius 2 is 2.07 bits per heavy atom. The highest BCUT2D eigenvalue weighted by molar-refractivity contribution is 5.74. The summed E-state index contributed by atoms with van der Waals surface area (Å²) in [6.45, 7) is 7.84. The van der Waals surface area contributed by atoms with Crippen molar-refractivity contribution in [2.45, 2.75) is 45.8 Å². The Balaban J connectivity index is 2.51. The number of carbonyl (C=O) groups is 1. The van der Waals surface area contributed by atoms with E-state index < -0.39 is 18.1 Å². The molecule has 0 aromatic rings. The third kappa shape index (κ3) is 3.47. The van der Waals surface area contributed by atoms with E-state index in [1.165, 1.54) is 0 Å². The van der Waals surface area contributed by atoms with Gasteiger partial charge in [-0.3, -0.25) is 9.69 Å². The van der Waals surface area contributed by atoms with Crippen LogP contribution in [0.2, 0.25) is 0 Å². The van der Waals surface area contributed by atoms with E-state index >= 15 is 0 Å². The fraction of sp³-hybridized carbons (Fsp3) is 0.909. The van der Waals surface area contributed by atoms with Crippen molar-refractivity contribution in [3.05, 3.63) is 0 Å². The molecule has 2 unspecified atom stereocenters. The van der Waals surface area contributed by atoms with Crippen LogP contribution >= 0.6 is 0 Å². The molecule has 88 valence electrons. The van der Waals surface area contributed by atoms with Gasteiger partial charge in [-0.2, -0.15) is 0 Å². The van der Waals surface area contributed by atoms with Crippen LogP contribution in [0.1, 0.15) is 33.6 Å². The molecule has 4 nitrogen and oxygen atoms in total. The molecule has 0 bridgehead atoms. The molecule has 2 atom stereocenters. The van der Waals surface area contributed by atoms with Gasteiger partial charge in [-0.05, 0) is 24.8 Å². The van der Waals surface area contributed by atoms with E-state index in [0.29, 0.717) is 13.0 Å². The van der Waals surface area contributed by atoms with Gasteiger partial charge in [0.25, 0.3) is 0 Å². The van der Waals surface area contributed by atoms with E-state index in [1.54, 1.807) is 0 Å². The quantitative estimate of drug-likeness (QED) is 0.735. The van der Waals surface area contributed by atoms with Crippen molar-refractivity contribution in [2.24, 2.45) is 5.41 Å². The first-order valence-electron chi connectivity index (χ1n) is 5.46. The van der Waals surface area contributed by atoms with Crippen LogP contribution in [-0.2, 0) is 4.79 Å². The molecular formula is C11H21NO3. The van der Waals surface area contributed by atoms with Crippen molar-refractivity contribution < 1.29 is 15.0 Å². The number of aliphatic hydroxyl groups excluding tert-OH is 1. The molecule has 1 aliphatic heterocycles. The molecule has 0 aliphatic carbocycles. The summed E-state index contributed by atoms with van der Waals surface area (Å²) < 4.78 is 0. The van der Waals surface area contributed by atoms with Crippen LogP contribution < -0.4 is 0 Å². The molecule has 15 heavy (non-hydrogen) atoms. The first-order chi connectivity index (χ1) is 6.81. The lowest BCUT2D eigenvalue weighted by Crippen LogP contribution is -2.42. The number of aliphatic carboxylic acids is 1. The maximum atomic E-state index is 10.9. The van der Waals surface area contributed by atoms with Crippen LogP contribution in [0, 0.1) is 5.41 Å². The lowest BCUT2D eigenvalue weighted by molar-refractivity contribution is -0.145. The largest absolute Gasteiger partial charge is 0.480 e. The molecule has 0 spiro atoms. The highest BCUT2D eigenvalue weighted by atomic mass is 16.4. The second-order valence-corrected chi connectivity index (χ2v) is 5.49. The Morgan fingerprint density at radius 1 is 1.47 bits per heavy atom. The van der Waals surface area contributed by atoms with Crippen molar-refractivity contribution in [2.75, 3.05) is 13.1 Å². The van der Waals surface area contributed by atoms with E-state index in [2.05, 4.69) is 20.8 Å². The van der Waals surface area contributed by atoms with Crippen molar-refractivity contribution in [3.8, 4) is 0 Å². The molecule has 1 aliphatic rings. The monoisotopic (exact) mass is 215 g/mol. The van der Waals surface area contributed by atoms with E-state index in [0.717, 1.165) is 13.0 Å². The molecule has 0 aromatic heterocycles. The van der Waals surface area contributed by atoms with Gasteiger partial charge in [0, 0.05) is 6.54 Å². The summed E-state index contributed by atoms with van der Waals surface area (Å²) in [5.74, 6) is -0.908. The average molecular weight is 215 g/mol. The number of hydrogen-bond donors (Lipinski definition) is 2. The fourth-order valence-corrected chi connectivity index (χ4v) is 1.89. The van der Waals surface area contributed by atoms with E-state index in [1.807, 2.05) is 4.90 Å². The zero-order chi connectivity index (χ0) is 11.6. The van der Waals surface area contributed by atoms with Crippen LogP contribution in [0.5, 0.6) is 0 Å². The number of likely N-dealkylation sites (tertiary alicyclic amines) is 1. The summed E-state index contributed by atoms with van der Waals surface area (Å²) >= 11 is 0. The minimum Gasteiger partial charge on any atom is -0.480 e. The molecule has 4 heteroatoms. The van der Waals surface area contributed by atoms with Crippen LogP contribution in [0.15, 0.2) is 0 Å². The molecule has 0 radical (unpaired) electrons. The third-order valence-electron chi connectivity index (χ3n) is 2.87. The van der Waals surface area contributed by atoms with Gasteiger partial charge in [-0.1, -0.05) is 20.8 Å². The Labute approximate surface area is 90.9 Å². The molecule has 1 saturated heterocycles. The number of hydrogen-bond acceptors (Lipinski definition) is 3. The third-order valence-corrected chi connectivity index (χ3v) is 2.87. The van der Waals surface area contributed by atoms with E-state index in [-0.39, 0.29) is 5.41 Å². The molecule has 1 heterocycles. The molecule has 0 saturated carbocycles. The Morgan fingerprint density at radius 3 is 2.53 bits per heavy atom. The van der Waals surface area contributed by atoms with E-state index in [4.69, 9.17) is 5.11 Å². The number of carboxylic acid groups (broad SMARTS) is 1. The standard InChI is InChI=1S/C11H21NO3/c1-11(2,3)5-7-12-6-4-8(13)9(12)10(14)15/h8-9,13H,4-7H2,1-3H3,(H,14,15). The summed E-state index contributed by atoms with van der Waals surface area (Å²) in [6.07, 6.45) is 0.812. The van der Waals surface area contributed by atoms with Gasteiger partial charge in [-0.15, -0.1) is 0 Å². The summed E-state index contributed by atoms with van der Waals surface area (Å²) in [6, 6.07) is -0.702. The van der Waals surface area contributed by atoms with Crippen molar-refractivity contribution in [1.29, 1.82) is 0 Å². The molecule has 0 aromatic carbocycles. The topological polar surface area (TPSA) is 60.8 Å². The lowest BCUT2D eigenvalue weighted by Gasteiger charge is -2.26. The minimum absolute atomic E-state index is 0.205. The van der Waals surface area contributed by atoms with E-state index in [9.17, 15) is 9.90 Å². The van der Waals surface area contributed by atoms with Gasteiger partial charge in [-0.25, -0.2) is 0 Å². The van der Waals surface area contributed by atoms with Crippen LogP contribution in [0.3, 0.4) is 0 Å². The maximum absolute atomic E-state index is 10.9. The second kappa shape index (κ2) is 4.49. The molecule has 2 N–H and O–H groups in total. The first-order valence-corrected chi connectivity index (χ1v) is 5.46. The summed E-state index contributed by atoms with van der Waals surface area (Å²) in [4.78, 5) is 12.8. The smallest absolute Gasteiger partial charge is 0.323 e. The SMILES string of the molecule is CC(C)(C)CCN1CCC(O)C1C(=O)O. The first kappa shape index (κ1) is 12.5. The van der Waals surface area contributed by atoms with Crippen LogP contribution in [0.25, 0.3) is 0 Å². The predicted molar refractivity (Wildman–Crippen MR) is 57.7 cm³/mol. The van der Waals surface area contributed by atoms with Crippen LogP contribution in [0.4, 0.5) is 0 Å². The van der Waals surface area contributed by atoms with Gasteiger partial charge in [0.2, 0.25) is 0 Å². The van der Waals surface area contributed by atoms with Crippen molar-refractivity contribution in [1.82, 2.24) is 4.90 Å². The molecule has 1 rings (SSSR count). The van der Waals surface area contributed by atoms with Gasteiger partial charge in [0.05, 0.1) is 6.10 Å². The van der Waals surface area contributed by atoms with Gasteiger partial charge in [0.1, 0.15) is 6.04 Å². The predicted octanol–water partition coefficient (Wildman–Crippen LogP) is 0.942. The van der Waals surface area contributed by atoms with Gasteiger partial charge in [0.15, 0.2) is 0 Å². The second-order valence-electron chi connectivity index (χ2n) is 5.49. The Bertz CT molecular complexity index is 234. The number of nitrogens with zero attached hydrogens (tertiary/aromatic N) is 1. The van der Waals surface area contributed by atoms with Crippen molar-refractivity contribution in [3.63, 3.8) is 0 Å². The zero-order valence-electron chi connectivity index (χ0n) is 9.73. The summed E-state index contributed by atoms with van der Waals surface area (Å²) in [7, 11) is 0. The maximum Gasteiger partial charge on any atom is 0.323 e. The molecule has 1 fully saturated rings. The van der Waals surface area contributed by atoms with Crippen LogP contribution in [-0.4, -0.2) is 46.3 Å². The number of aliphatic hydroxyl groups is 1. The zero-order valence-corrected chi connectivity index (χ0v) is 9.73. The normalized spacial score (nSPS) is 28.3. The average Bonchev–Trinajstić information content (AvgIpc) is 2.42. The molecular weight excluding hydrogens is 194 g/mol. The highest BCUT2D eigenvalue weighted by Gasteiger charge is 2.38. The minimum atomic E-state index is -0.908. The van der Waals surface area contributed by atoms with Gasteiger partial charge >= 0.3 is 5.97 Å². The molecule has 0 amide bonds. The summed E-state index contributed by atoms with van der Waals surface area (Å²) in [5, 5.41) is 18.5. The fourth-order valence-electron chi connectivity index (χ4n) is 1.89. The summed E-state index contributed by atoms with van der Waals surface area (Å²) in [5.41, 5.74) is 0.205. The highest BCUT2D eigenvalue weighted by Crippen LogP contribution is 2.23.